The summed E-state index contributed by atoms with van der Waals surface area (Å²) < 4.78 is 18.2. The number of anilines is 1. The number of aryl methyl sites for hydroxylation is 1. The summed E-state index contributed by atoms with van der Waals surface area (Å²) in [6.45, 7) is 1.90. The zero-order valence-corrected chi connectivity index (χ0v) is 11.8. The SMILES string of the molecule is COc1ccc(C)cc1NC(=O)c1ccc(F)cc1Cl. The molecule has 2 rings (SSSR count). The lowest BCUT2D eigenvalue weighted by molar-refractivity contribution is 0.102. The van der Waals surface area contributed by atoms with Gasteiger partial charge in [0.25, 0.3) is 5.91 Å². The van der Waals surface area contributed by atoms with Gasteiger partial charge in [-0.15, -0.1) is 0 Å². The molecule has 0 radical (unpaired) electrons. The Morgan fingerprint density at radius 1 is 1.25 bits per heavy atom. The average molecular weight is 294 g/mol. The number of rotatable bonds is 3. The van der Waals surface area contributed by atoms with Crippen LogP contribution in [0.3, 0.4) is 0 Å². The number of ether oxygens (including phenoxy) is 1. The van der Waals surface area contributed by atoms with Crippen molar-refractivity contribution in [1.82, 2.24) is 0 Å². The van der Waals surface area contributed by atoms with Crippen LogP contribution in [-0.2, 0) is 0 Å². The molecular formula is C15H13ClFNO2. The van der Waals surface area contributed by atoms with Gasteiger partial charge in [-0.3, -0.25) is 4.79 Å². The first-order chi connectivity index (χ1) is 9.51. The van der Waals surface area contributed by atoms with E-state index in [1.165, 1.54) is 19.2 Å². The van der Waals surface area contributed by atoms with Crippen molar-refractivity contribution in [3.05, 3.63) is 58.4 Å². The quantitative estimate of drug-likeness (QED) is 0.927. The van der Waals surface area contributed by atoms with Crippen LogP contribution in [0.25, 0.3) is 0 Å². The molecule has 3 nitrogen and oxygen atoms in total. The number of hydrogen-bond donors (Lipinski definition) is 1. The zero-order chi connectivity index (χ0) is 14.7. The van der Waals surface area contributed by atoms with Crippen LogP contribution in [0.4, 0.5) is 10.1 Å². The molecule has 0 aromatic heterocycles. The van der Waals surface area contributed by atoms with Crippen LogP contribution < -0.4 is 10.1 Å². The molecule has 2 aromatic carbocycles. The van der Waals surface area contributed by atoms with Gasteiger partial charge in [0.05, 0.1) is 23.4 Å². The van der Waals surface area contributed by atoms with Gasteiger partial charge in [-0.25, -0.2) is 4.39 Å². The summed E-state index contributed by atoms with van der Waals surface area (Å²) in [5.41, 5.74) is 1.72. The van der Waals surface area contributed by atoms with Crippen LogP contribution in [0.1, 0.15) is 15.9 Å². The fourth-order valence-corrected chi connectivity index (χ4v) is 2.04. The molecule has 0 spiro atoms. The van der Waals surface area contributed by atoms with Crippen molar-refractivity contribution in [1.29, 1.82) is 0 Å². The van der Waals surface area contributed by atoms with Crippen molar-refractivity contribution in [2.45, 2.75) is 6.92 Å². The first-order valence-electron chi connectivity index (χ1n) is 5.92. The van der Waals surface area contributed by atoms with Crippen LogP contribution in [0.2, 0.25) is 5.02 Å². The van der Waals surface area contributed by atoms with Crippen LogP contribution in [0.5, 0.6) is 5.75 Å². The Kier molecular flexibility index (Phi) is 4.25. The van der Waals surface area contributed by atoms with E-state index in [-0.39, 0.29) is 10.6 Å². The first kappa shape index (κ1) is 14.3. The van der Waals surface area contributed by atoms with E-state index in [0.29, 0.717) is 11.4 Å². The van der Waals surface area contributed by atoms with E-state index in [0.717, 1.165) is 11.6 Å². The fraction of sp³-hybridized carbons (Fsp3) is 0.133. The first-order valence-corrected chi connectivity index (χ1v) is 6.30. The molecule has 0 bridgehead atoms. The number of methoxy groups -OCH3 is 1. The monoisotopic (exact) mass is 293 g/mol. The molecular weight excluding hydrogens is 281 g/mol. The average Bonchev–Trinajstić information content (AvgIpc) is 2.38. The van der Waals surface area contributed by atoms with Crippen molar-refractivity contribution in [2.75, 3.05) is 12.4 Å². The maximum Gasteiger partial charge on any atom is 0.257 e. The van der Waals surface area contributed by atoms with E-state index < -0.39 is 11.7 Å². The van der Waals surface area contributed by atoms with Crippen LogP contribution in [-0.4, -0.2) is 13.0 Å². The summed E-state index contributed by atoms with van der Waals surface area (Å²) in [5.74, 6) is -0.360. The Balaban J connectivity index is 2.30. The molecule has 0 aliphatic heterocycles. The lowest BCUT2D eigenvalue weighted by Gasteiger charge is -2.11. The molecule has 0 aliphatic rings. The second-order valence-electron chi connectivity index (χ2n) is 4.28. The Bertz CT molecular complexity index is 658. The summed E-state index contributed by atoms with van der Waals surface area (Å²) in [6, 6.07) is 9.05. The summed E-state index contributed by atoms with van der Waals surface area (Å²) in [7, 11) is 1.52. The van der Waals surface area contributed by atoms with Gasteiger partial charge in [-0.1, -0.05) is 17.7 Å². The van der Waals surface area contributed by atoms with E-state index in [1.807, 2.05) is 13.0 Å². The predicted octanol–water partition coefficient (Wildman–Crippen LogP) is 4.05. The second kappa shape index (κ2) is 5.92. The molecule has 0 atom stereocenters. The van der Waals surface area contributed by atoms with E-state index in [4.69, 9.17) is 16.3 Å². The van der Waals surface area contributed by atoms with Gasteiger partial charge in [0.1, 0.15) is 11.6 Å². The summed E-state index contributed by atoms with van der Waals surface area (Å²) in [5, 5.41) is 2.77. The van der Waals surface area contributed by atoms with Crippen molar-refractivity contribution in [2.24, 2.45) is 0 Å². The van der Waals surface area contributed by atoms with Crippen LogP contribution in [0.15, 0.2) is 36.4 Å². The molecule has 20 heavy (non-hydrogen) atoms. The zero-order valence-electron chi connectivity index (χ0n) is 11.0. The molecule has 0 fully saturated rings. The Morgan fingerprint density at radius 2 is 2.00 bits per heavy atom. The number of carbonyl (C=O) groups excluding carboxylic acids is 1. The number of hydrogen-bond acceptors (Lipinski definition) is 2. The molecule has 0 saturated carbocycles. The number of nitrogens with one attached hydrogen (secondary N) is 1. The summed E-state index contributed by atoms with van der Waals surface area (Å²) in [6.07, 6.45) is 0. The summed E-state index contributed by atoms with van der Waals surface area (Å²) in [4.78, 5) is 12.2. The minimum atomic E-state index is -0.486. The van der Waals surface area contributed by atoms with Gasteiger partial charge in [-0.05, 0) is 42.8 Å². The molecule has 0 aliphatic carbocycles. The number of halogens is 2. The normalized spacial score (nSPS) is 10.2. The highest BCUT2D eigenvalue weighted by atomic mass is 35.5. The molecule has 0 heterocycles. The van der Waals surface area contributed by atoms with Crippen molar-refractivity contribution in [3.8, 4) is 5.75 Å². The van der Waals surface area contributed by atoms with Crippen molar-refractivity contribution < 1.29 is 13.9 Å². The molecule has 2 aromatic rings. The van der Waals surface area contributed by atoms with Gasteiger partial charge in [-0.2, -0.15) is 0 Å². The van der Waals surface area contributed by atoms with Gasteiger partial charge >= 0.3 is 0 Å². The molecule has 5 heteroatoms. The third kappa shape index (κ3) is 3.08. The minimum Gasteiger partial charge on any atom is -0.495 e. The van der Waals surface area contributed by atoms with Crippen LogP contribution >= 0.6 is 11.6 Å². The van der Waals surface area contributed by atoms with Crippen LogP contribution in [0, 0.1) is 12.7 Å². The lowest BCUT2D eigenvalue weighted by Crippen LogP contribution is -2.13. The molecule has 1 amide bonds. The smallest absolute Gasteiger partial charge is 0.257 e. The van der Waals surface area contributed by atoms with Gasteiger partial charge in [0.15, 0.2) is 0 Å². The van der Waals surface area contributed by atoms with Gasteiger partial charge in [0, 0.05) is 0 Å². The fourth-order valence-electron chi connectivity index (χ4n) is 1.78. The molecule has 104 valence electrons. The van der Waals surface area contributed by atoms with Crippen molar-refractivity contribution >= 4 is 23.2 Å². The maximum atomic E-state index is 13.0. The standard InChI is InChI=1S/C15H13ClFNO2/c1-9-3-6-14(20-2)13(7-9)18-15(19)11-5-4-10(17)8-12(11)16/h3-8H,1-2H3,(H,18,19). The number of benzene rings is 2. The summed E-state index contributed by atoms with van der Waals surface area (Å²) >= 11 is 5.86. The van der Waals surface area contributed by atoms with E-state index in [9.17, 15) is 9.18 Å². The highest BCUT2D eigenvalue weighted by Crippen LogP contribution is 2.26. The number of amides is 1. The Labute approximate surface area is 121 Å². The third-order valence-electron chi connectivity index (χ3n) is 2.78. The van der Waals surface area contributed by atoms with Gasteiger partial charge < -0.3 is 10.1 Å². The molecule has 0 saturated heterocycles. The minimum absolute atomic E-state index is 0.0640. The van der Waals surface area contributed by atoms with Crippen molar-refractivity contribution in [3.63, 3.8) is 0 Å². The predicted molar refractivity (Wildman–Crippen MR) is 77.1 cm³/mol. The maximum absolute atomic E-state index is 13.0. The third-order valence-corrected chi connectivity index (χ3v) is 3.09. The topological polar surface area (TPSA) is 38.3 Å². The second-order valence-corrected chi connectivity index (χ2v) is 4.69. The number of carbonyl (C=O) groups is 1. The lowest BCUT2D eigenvalue weighted by atomic mass is 10.1. The van der Waals surface area contributed by atoms with Gasteiger partial charge in [0.2, 0.25) is 0 Å². The highest BCUT2D eigenvalue weighted by Gasteiger charge is 2.13. The Hall–Kier alpha value is -2.07. The van der Waals surface area contributed by atoms with E-state index in [1.54, 1.807) is 12.1 Å². The highest BCUT2D eigenvalue weighted by molar-refractivity contribution is 6.34. The molecule has 1 N–H and O–H groups in total. The Morgan fingerprint density at radius 3 is 2.65 bits per heavy atom. The largest absolute Gasteiger partial charge is 0.495 e. The van der Waals surface area contributed by atoms with E-state index in [2.05, 4.69) is 5.32 Å². The molecule has 0 unspecified atom stereocenters. The van der Waals surface area contributed by atoms with E-state index >= 15 is 0 Å².